The molecule has 0 aliphatic rings. The Hall–Kier alpha value is -3.86. The minimum atomic E-state index is -0.665. The largest absolute Gasteiger partial charge is 0.361 e. The number of carbonyl (C=O) groups is 2. The van der Waals surface area contributed by atoms with Gasteiger partial charge < -0.3 is 15.6 Å². The van der Waals surface area contributed by atoms with Crippen molar-refractivity contribution in [2.75, 3.05) is 6.54 Å². The zero-order valence-corrected chi connectivity index (χ0v) is 19.6. The van der Waals surface area contributed by atoms with Crippen LogP contribution in [0.5, 0.6) is 0 Å². The molecule has 4 aromatic rings. The second-order valence-electron chi connectivity index (χ2n) is 8.90. The zero-order valence-electron chi connectivity index (χ0n) is 19.6. The highest BCUT2D eigenvalue weighted by atomic mass is 16.2. The Morgan fingerprint density at radius 2 is 1.38 bits per heavy atom. The first-order valence-corrected chi connectivity index (χ1v) is 11.8. The van der Waals surface area contributed by atoms with E-state index < -0.39 is 6.04 Å². The summed E-state index contributed by atoms with van der Waals surface area (Å²) in [5.41, 5.74) is 4.28. The van der Waals surface area contributed by atoms with Gasteiger partial charge in [-0.2, -0.15) is 0 Å². The Morgan fingerprint density at radius 1 is 0.794 bits per heavy atom. The number of hydrogen-bond acceptors (Lipinski definition) is 2. The molecule has 0 bridgehead atoms. The van der Waals surface area contributed by atoms with Gasteiger partial charge in [0.15, 0.2) is 0 Å². The summed E-state index contributed by atoms with van der Waals surface area (Å²) >= 11 is 0. The van der Waals surface area contributed by atoms with Crippen molar-refractivity contribution < 1.29 is 9.59 Å². The number of carbonyl (C=O) groups excluding carboxylic acids is 2. The van der Waals surface area contributed by atoms with E-state index in [1.807, 2.05) is 80.7 Å². The molecule has 174 valence electrons. The maximum Gasteiger partial charge on any atom is 0.242 e. The van der Waals surface area contributed by atoms with Gasteiger partial charge in [-0.15, -0.1) is 0 Å². The Kier molecular flexibility index (Phi) is 7.43. The molecule has 0 saturated carbocycles. The molecule has 1 heterocycles. The lowest BCUT2D eigenvalue weighted by Gasteiger charge is -2.23. The molecule has 0 spiro atoms. The first-order valence-electron chi connectivity index (χ1n) is 11.8. The Morgan fingerprint density at radius 3 is 2.00 bits per heavy atom. The molecule has 5 nitrogen and oxygen atoms in total. The van der Waals surface area contributed by atoms with Crippen LogP contribution in [0.25, 0.3) is 10.9 Å². The van der Waals surface area contributed by atoms with E-state index in [1.54, 1.807) is 0 Å². The number of nitrogens with one attached hydrogen (secondary N) is 3. The lowest BCUT2D eigenvalue weighted by molar-refractivity contribution is -0.130. The standard InChI is InChI=1S/C29H31N3O2/c1-20(2)28(33)32-27(17-23-18-30-26-16-10-9-15-24(23)26)29(34)31-19-25(21-11-5-3-6-12-21)22-13-7-4-8-14-22/h3-16,18,20,25,27,30H,17,19H2,1-2H3,(H,31,34)(H,32,33). The summed E-state index contributed by atoms with van der Waals surface area (Å²) in [5, 5.41) is 7.14. The van der Waals surface area contributed by atoms with Crippen LogP contribution in [0.2, 0.25) is 0 Å². The predicted molar refractivity (Wildman–Crippen MR) is 137 cm³/mol. The quantitative estimate of drug-likeness (QED) is 0.341. The van der Waals surface area contributed by atoms with Gasteiger partial charge in [-0.3, -0.25) is 9.59 Å². The van der Waals surface area contributed by atoms with Crippen molar-refractivity contribution in [3.8, 4) is 0 Å². The Bertz CT molecular complexity index is 1190. The van der Waals surface area contributed by atoms with E-state index in [0.29, 0.717) is 13.0 Å². The van der Waals surface area contributed by atoms with Gasteiger partial charge >= 0.3 is 0 Å². The summed E-state index contributed by atoms with van der Waals surface area (Å²) in [7, 11) is 0. The van der Waals surface area contributed by atoms with E-state index in [2.05, 4.69) is 39.9 Å². The fraction of sp³-hybridized carbons (Fsp3) is 0.241. The molecule has 1 unspecified atom stereocenters. The lowest BCUT2D eigenvalue weighted by Crippen LogP contribution is -2.49. The monoisotopic (exact) mass is 453 g/mol. The topological polar surface area (TPSA) is 74.0 Å². The molecule has 5 heteroatoms. The summed E-state index contributed by atoms with van der Waals surface area (Å²) in [6.45, 7) is 4.10. The van der Waals surface area contributed by atoms with Gasteiger partial charge in [-0.25, -0.2) is 0 Å². The van der Waals surface area contributed by atoms with Gasteiger partial charge in [0.05, 0.1) is 0 Å². The van der Waals surface area contributed by atoms with Gasteiger partial charge in [0, 0.05) is 41.9 Å². The van der Waals surface area contributed by atoms with Gasteiger partial charge in [0.2, 0.25) is 11.8 Å². The number of rotatable bonds is 9. The summed E-state index contributed by atoms with van der Waals surface area (Å²) in [5.74, 6) is -0.514. The molecule has 0 aliphatic carbocycles. The second kappa shape index (κ2) is 10.8. The summed E-state index contributed by atoms with van der Waals surface area (Å²) in [6, 6.07) is 27.6. The Labute approximate surface area is 200 Å². The number of aromatic amines is 1. The zero-order chi connectivity index (χ0) is 23.9. The third-order valence-corrected chi connectivity index (χ3v) is 6.14. The number of fused-ring (bicyclic) bond motifs is 1. The van der Waals surface area contributed by atoms with Gasteiger partial charge in [0.1, 0.15) is 6.04 Å². The van der Waals surface area contributed by atoms with Crippen molar-refractivity contribution in [1.82, 2.24) is 15.6 Å². The van der Waals surface area contributed by atoms with Crippen LogP contribution < -0.4 is 10.6 Å². The number of para-hydroxylation sites is 1. The average molecular weight is 454 g/mol. The summed E-state index contributed by atoms with van der Waals surface area (Å²) in [4.78, 5) is 29.2. The van der Waals surface area contributed by atoms with Gasteiger partial charge in [-0.05, 0) is 22.8 Å². The van der Waals surface area contributed by atoms with Crippen molar-refractivity contribution >= 4 is 22.7 Å². The predicted octanol–water partition coefficient (Wildman–Crippen LogP) is 4.80. The number of benzene rings is 3. The third kappa shape index (κ3) is 5.54. The van der Waals surface area contributed by atoms with Crippen LogP contribution in [0.15, 0.2) is 91.1 Å². The van der Waals surface area contributed by atoms with E-state index >= 15 is 0 Å². The number of aromatic nitrogens is 1. The fourth-order valence-electron chi connectivity index (χ4n) is 4.19. The van der Waals surface area contributed by atoms with Crippen LogP contribution in [0.1, 0.15) is 36.5 Å². The van der Waals surface area contributed by atoms with Crippen molar-refractivity contribution in [3.05, 3.63) is 108 Å². The molecule has 1 aromatic heterocycles. The van der Waals surface area contributed by atoms with Crippen LogP contribution in [0.3, 0.4) is 0 Å². The van der Waals surface area contributed by atoms with Crippen molar-refractivity contribution in [2.24, 2.45) is 5.92 Å². The molecular formula is C29H31N3O2. The molecule has 34 heavy (non-hydrogen) atoms. The highest BCUT2D eigenvalue weighted by Gasteiger charge is 2.25. The van der Waals surface area contributed by atoms with Crippen LogP contribution >= 0.6 is 0 Å². The molecular weight excluding hydrogens is 422 g/mol. The molecule has 0 saturated heterocycles. The van der Waals surface area contributed by atoms with E-state index in [9.17, 15) is 9.59 Å². The van der Waals surface area contributed by atoms with Crippen LogP contribution in [0, 0.1) is 5.92 Å². The van der Waals surface area contributed by atoms with Crippen molar-refractivity contribution in [3.63, 3.8) is 0 Å². The third-order valence-electron chi connectivity index (χ3n) is 6.14. The summed E-state index contributed by atoms with van der Waals surface area (Å²) < 4.78 is 0. The van der Waals surface area contributed by atoms with Crippen LogP contribution in [-0.2, 0) is 16.0 Å². The molecule has 0 radical (unpaired) electrons. The normalized spacial score (nSPS) is 12.1. The number of amides is 2. The summed E-state index contributed by atoms with van der Waals surface area (Å²) in [6.07, 6.45) is 2.33. The van der Waals surface area contributed by atoms with Gasteiger partial charge in [-0.1, -0.05) is 92.7 Å². The molecule has 3 aromatic carbocycles. The van der Waals surface area contributed by atoms with Gasteiger partial charge in [0.25, 0.3) is 0 Å². The second-order valence-corrected chi connectivity index (χ2v) is 8.90. The molecule has 3 N–H and O–H groups in total. The minimum absolute atomic E-state index is 0.0147. The van der Waals surface area contributed by atoms with E-state index in [1.165, 1.54) is 0 Å². The molecule has 1 atom stereocenters. The number of hydrogen-bond donors (Lipinski definition) is 3. The first-order chi connectivity index (χ1) is 16.5. The average Bonchev–Trinajstić information content (AvgIpc) is 3.27. The van der Waals surface area contributed by atoms with Crippen molar-refractivity contribution in [1.29, 1.82) is 0 Å². The molecule has 2 amide bonds. The van der Waals surface area contributed by atoms with Crippen molar-refractivity contribution in [2.45, 2.75) is 32.2 Å². The van der Waals surface area contributed by atoms with Crippen LogP contribution in [-0.4, -0.2) is 29.4 Å². The molecule has 4 rings (SSSR count). The highest BCUT2D eigenvalue weighted by Crippen LogP contribution is 2.24. The number of H-pyrrole nitrogens is 1. The lowest BCUT2D eigenvalue weighted by atomic mass is 9.91. The van der Waals surface area contributed by atoms with Crippen LogP contribution in [0.4, 0.5) is 0 Å². The molecule has 0 fully saturated rings. The molecule has 0 aliphatic heterocycles. The minimum Gasteiger partial charge on any atom is -0.361 e. The Balaban J connectivity index is 1.54. The first kappa shape index (κ1) is 23.3. The van der Waals surface area contributed by atoms with E-state index in [4.69, 9.17) is 0 Å². The smallest absolute Gasteiger partial charge is 0.242 e. The maximum atomic E-state index is 13.4. The maximum absolute atomic E-state index is 13.4. The fourth-order valence-corrected chi connectivity index (χ4v) is 4.19. The van der Waals surface area contributed by atoms with E-state index in [0.717, 1.165) is 27.6 Å². The SMILES string of the molecule is CC(C)C(=O)NC(Cc1c[nH]c2ccccc12)C(=O)NCC(c1ccccc1)c1ccccc1. The van der Waals surface area contributed by atoms with E-state index in [-0.39, 0.29) is 23.7 Å². The highest BCUT2D eigenvalue weighted by molar-refractivity contribution is 5.90.